The van der Waals surface area contributed by atoms with Crippen molar-refractivity contribution in [2.45, 2.75) is 19.9 Å². The summed E-state index contributed by atoms with van der Waals surface area (Å²) in [6.45, 7) is 4.38. The van der Waals surface area contributed by atoms with Crippen LogP contribution in [0.4, 0.5) is 0 Å². The third-order valence-electron chi connectivity index (χ3n) is 3.44. The first kappa shape index (κ1) is 14.3. The van der Waals surface area contributed by atoms with Crippen LogP contribution in [0.25, 0.3) is 11.0 Å². The minimum atomic E-state index is -0.407. The Morgan fingerprint density at radius 2 is 2.30 bits per heavy atom. The molecule has 1 heterocycles. The van der Waals surface area contributed by atoms with Crippen LogP contribution in [0.3, 0.4) is 0 Å². The second-order valence-electron chi connectivity index (χ2n) is 4.67. The molecule has 2 aromatic rings. The fraction of sp³-hybridized carbons (Fsp3) is 0.357. The van der Waals surface area contributed by atoms with Crippen molar-refractivity contribution in [1.29, 1.82) is 5.26 Å². The maximum atomic E-state index is 12.3. The molecular weight excluding hydrogens is 272 g/mol. The number of likely N-dealkylation sites (N-methyl/N-ethyl adjacent to an activating group) is 1. The van der Waals surface area contributed by atoms with Gasteiger partial charge in [0.2, 0.25) is 5.91 Å². The number of nitrogens with zero attached hydrogens (tertiary/aromatic N) is 3. The average molecular weight is 288 g/mol. The fourth-order valence-corrected chi connectivity index (χ4v) is 2.53. The van der Waals surface area contributed by atoms with Gasteiger partial charge in [0.1, 0.15) is 6.04 Å². The van der Waals surface area contributed by atoms with E-state index in [2.05, 4.69) is 11.1 Å². The Morgan fingerprint density at radius 3 is 2.90 bits per heavy atom. The molecule has 1 aromatic heterocycles. The number of rotatable bonds is 3. The zero-order chi connectivity index (χ0) is 14.9. The van der Waals surface area contributed by atoms with E-state index < -0.39 is 6.04 Å². The number of benzene rings is 1. The van der Waals surface area contributed by atoms with Crippen LogP contribution in [0.15, 0.2) is 18.2 Å². The molecule has 1 N–H and O–H groups in total. The molecule has 0 fully saturated rings. The molecule has 1 unspecified atom stereocenters. The minimum Gasteiger partial charge on any atom is -0.344 e. The minimum absolute atomic E-state index is 0.00754. The van der Waals surface area contributed by atoms with Gasteiger partial charge in [-0.3, -0.25) is 4.79 Å². The first-order valence-corrected chi connectivity index (χ1v) is 6.79. The molecule has 1 aromatic carbocycles. The number of hydrogen-bond acceptors (Lipinski definition) is 3. The highest BCUT2D eigenvalue weighted by Crippen LogP contribution is 2.21. The predicted molar refractivity (Wildman–Crippen MR) is 79.9 cm³/mol. The van der Waals surface area contributed by atoms with Crippen LogP contribution in [0.2, 0.25) is 0 Å². The average Bonchev–Trinajstić information content (AvgIpc) is 2.79. The molecule has 0 aliphatic carbocycles. The van der Waals surface area contributed by atoms with Gasteiger partial charge < -0.3 is 14.5 Å². The summed E-state index contributed by atoms with van der Waals surface area (Å²) in [5.41, 5.74) is 2.15. The number of carbonyl (C=O) groups is 1. The summed E-state index contributed by atoms with van der Waals surface area (Å²) in [4.78, 5) is 17.0. The summed E-state index contributed by atoms with van der Waals surface area (Å²) in [5.74, 6) is -0.00754. The van der Waals surface area contributed by atoms with E-state index in [4.69, 9.17) is 17.5 Å². The Labute approximate surface area is 122 Å². The monoisotopic (exact) mass is 288 g/mol. The number of H-pyrrole nitrogens is 1. The molecule has 20 heavy (non-hydrogen) atoms. The third kappa shape index (κ3) is 2.32. The Morgan fingerprint density at radius 1 is 1.60 bits per heavy atom. The van der Waals surface area contributed by atoms with Crippen LogP contribution in [0, 0.1) is 16.1 Å². The van der Waals surface area contributed by atoms with E-state index in [1.807, 2.05) is 13.8 Å². The molecule has 0 aliphatic rings. The van der Waals surface area contributed by atoms with E-state index in [1.54, 1.807) is 34.7 Å². The molecule has 0 aliphatic heterocycles. The maximum Gasteiger partial charge on any atom is 0.245 e. The van der Waals surface area contributed by atoms with Gasteiger partial charge in [0.05, 0.1) is 22.7 Å². The molecule has 104 valence electrons. The molecule has 0 radical (unpaired) electrons. The fourth-order valence-electron chi connectivity index (χ4n) is 2.16. The smallest absolute Gasteiger partial charge is 0.245 e. The molecule has 0 saturated carbocycles. The number of fused-ring (bicyclic) bond motifs is 1. The molecule has 0 bridgehead atoms. The van der Waals surface area contributed by atoms with Crippen LogP contribution >= 0.6 is 12.2 Å². The largest absolute Gasteiger partial charge is 0.344 e. The van der Waals surface area contributed by atoms with Crippen molar-refractivity contribution in [3.05, 3.63) is 28.5 Å². The van der Waals surface area contributed by atoms with Crippen molar-refractivity contribution < 1.29 is 4.79 Å². The van der Waals surface area contributed by atoms with Gasteiger partial charge in [0.25, 0.3) is 0 Å². The SMILES string of the molecule is CCN(C)C(=O)C(C)n1c(=S)[nH]c2ccc(C#N)cc21. The van der Waals surface area contributed by atoms with Gasteiger partial charge in [0, 0.05) is 13.6 Å². The zero-order valence-electron chi connectivity index (χ0n) is 11.7. The summed E-state index contributed by atoms with van der Waals surface area (Å²) >= 11 is 5.30. The van der Waals surface area contributed by atoms with Gasteiger partial charge in [-0.1, -0.05) is 0 Å². The number of imidazole rings is 1. The number of nitriles is 1. The normalized spacial score (nSPS) is 12.1. The Hall–Kier alpha value is -2.13. The topological polar surface area (TPSA) is 64.8 Å². The molecule has 6 heteroatoms. The van der Waals surface area contributed by atoms with Gasteiger partial charge in [-0.2, -0.15) is 5.26 Å². The number of carbonyl (C=O) groups excluding carboxylic acids is 1. The van der Waals surface area contributed by atoms with Gasteiger partial charge in [0.15, 0.2) is 4.77 Å². The molecule has 1 amide bonds. The first-order valence-electron chi connectivity index (χ1n) is 6.39. The van der Waals surface area contributed by atoms with E-state index in [9.17, 15) is 4.79 Å². The Kier molecular flexibility index (Phi) is 3.91. The lowest BCUT2D eigenvalue weighted by atomic mass is 10.2. The van der Waals surface area contributed by atoms with Crippen molar-refractivity contribution in [2.24, 2.45) is 0 Å². The standard InChI is InChI=1S/C14H16N4OS/c1-4-17(3)13(19)9(2)18-12-7-10(8-15)5-6-11(12)16-14(18)20/h5-7,9H,4H2,1-3H3,(H,16,20). The lowest BCUT2D eigenvalue weighted by molar-refractivity contribution is -0.132. The van der Waals surface area contributed by atoms with Crippen molar-refractivity contribution in [3.63, 3.8) is 0 Å². The quantitative estimate of drug-likeness (QED) is 0.883. The van der Waals surface area contributed by atoms with Crippen LogP contribution in [-0.2, 0) is 4.79 Å². The maximum absolute atomic E-state index is 12.3. The summed E-state index contributed by atoms with van der Waals surface area (Å²) in [6.07, 6.45) is 0. The van der Waals surface area contributed by atoms with E-state index in [1.165, 1.54) is 0 Å². The molecule has 0 spiro atoms. The third-order valence-corrected chi connectivity index (χ3v) is 3.74. The van der Waals surface area contributed by atoms with Crippen LogP contribution in [-0.4, -0.2) is 34.0 Å². The van der Waals surface area contributed by atoms with E-state index in [0.29, 0.717) is 16.9 Å². The molecule has 0 saturated heterocycles. The predicted octanol–water partition coefficient (Wildman–Crippen LogP) is 2.61. The number of aromatic amines is 1. The Balaban J connectivity index is 2.59. The molecular formula is C14H16N4OS. The Bertz CT molecular complexity index is 753. The molecule has 2 rings (SSSR count). The van der Waals surface area contributed by atoms with Gasteiger partial charge in [-0.15, -0.1) is 0 Å². The van der Waals surface area contributed by atoms with Crippen LogP contribution in [0.5, 0.6) is 0 Å². The van der Waals surface area contributed by atoms with Crippen molar-refractivity contribution in [1.82, 2.24) is 14.5 Å². The van der Waals surface area contributed by atoms with Crippen molar-refractivity contribution in [3.8, 4) is 6.07 Å². The lowest BCUT2D eigenvalue weighted by Gasteiger charge is -2.21. The van der Waals surface area contributed by atoms with Crippen LogP contribution in [0.1, 0.15) is 25.5 Å². The molecule has 5 nitrogen and oxygen atoms in total. The second-order valence-corrected chi connectivity index (χ2v) is 5.06. The number of amides is 1. The van der Waals surface area contributed by atoms with E-state index in [-0.39, 0.29) is 5.91 Å². The van der Waals surface area contributed by atoms with Crippen molar-refractivity contribution in [2.75, 3.05) is 13.6 Å². The highest BCUT2D eigenvalue weighted by Gasteiger charge is 2.21. The zero-order valence-corrected chi connectivity index (χ0v) is 12.5. The summed E-state index contributed by atoms with van der Waals surface area (Å²) in [7, 11) is 1.76. The lowest BCUT2D eigenvalue weighted by Crippen LogP contribution is -2.32. The number of hydrogen-bond donors (Lipinski definition) is 1. The summed E-state index contributed by atoms with van der Waals surface area (Å²) in [5, 5.41) is 9.00. The summed E-state index contributed by atoms with van der Waals surface area (Å²) in [6, 6.07) is 6.97. The molecule has 1 atom stereocenters. The number of aromatic nitrogens is 2. The second kappa shape index (κ2) is 5.47. The highest BCUT2D eigenvalue weighted by molar-refractivity contribution is 7.71. The number of nitrogens with one attached hydrogen (secondary N) is 1. The first-order chi connectivity index (χ1) is 9.49. The van der Waals surface area contributed by atoms with Crippen LogP contribution < -0.4 is 0 Å². The summed E-state index contributed by atoms with van der Waals surface area (Å²) < 4.78 is 2.25. The van der Waals surface area contributed by atoms with Crippen molar-refractivity contribution >= 4 is 29.2 Å². The van der Waals surface area contributed by atoms with E-state index >= 15 is 0 Å². The van der Waals surface area contributed by atoms with Gasteiger partial charge in [-0.05, 0) is 44.3 Å². The van der Waals surface area contributed by atoms with Gasteiger partial charge in [-0.25, -0.2) is 0 Å². The van der Waals surface area contributed by atoms with E-state index in [0.717, 1.165) is 11.0 Å². The van der Waals surface area contributed by atoms with Gasteiger partial charge >= 0.3 is 0 Å². The highest BCUT2D eigenvalue weighted by atomic mass is 32.1.